The number of rotatable bonds is 6. The number of benzene rings is 2. The van der Waals surface area contributed by atoms with Gasteiger partial charge in [0.1, 0.15) is 17.2 Å². The monoisotopic (exact) mass is 542 g/mol. The minimum atomic E-state index is -1.40. The van der Waals surface area contributed by atoms with Gasteiger partial charge in [-0.3, -0.25) is 9.59 Å². The number of carbonyl (C=O) groups is 2. The van der Waals surface area contributed by atoms with Gasteiger partial charge in [0.2, 0.25) is 5.78 Å². The standard InChI is InChI=1S/C29H34O10/c1-13-10-19(38-14(2)24(13)30)39-18-12-29(35,8-9-36-3)11-16-21(18)28(34)23-22(26(16)32)25(31)15-6-5-7-17(37-4)20(15)27(23)33/h5-7,13-14,18-19,24,30,32,34-35H,8-12H2,1-4H3/t13-,14?,18+,19+,24+,29+/m1/s1. The molecule has 1 fully saturated rings. The first-order valence-electron chi connectivity index (χ1n) is 13.1. The molecule has 4 N–H and O–H groups in total. The minimum Gasteiger partial charge on any atom is -0.507 e. The molecule has 1 heterocycles. The third kappa shape index (κ3) is 4.50. The molecule has 2 aromatic carbocycles. The first kappa shape index (κ1) is 27.5. The van der Waals surface area contributed by atoms with Crippen molar-refractivity contribution < 1.29 is 49.0 Å². The van der Waals surface area contributed by atoms with Crippen LogP contribution in [0.5, 0.6) is 17.2 Å². The second-order valence-electron chi connectivity index (χ2n) is 10.8. The van der Waals surface area contributed by atoms with Crippen LogP contribution in [0.3, 0.4) is 0 Å². The summed E-state index contributed by atoms with van der Waals surface area (Å²) in [7, 11) is 2.88. The summed E-state index contributed by atoms with van der Waals surface area (Å²) in [5, 5.41) is 44.9. The number of aliphatic hydroxyl groups excluding tert-OH is 1. The Hall–Kier alpha value is -3.02. The molecule has 10 nitrogen and oxygen atoms in total. The molecule has 0 bridgehead atoms. The lowest BCUT2D eigenvalue weighted by Crippen LogP contribution is -2.45. The van der Waals surface area contributed by atoms with Crippen molar-refractivity contribution in [3.05, 3.63) is 51.6 Å². The van der Waals surface area contributed by atoms with Crippen LogP contribution in [0, 0.1) is 5.92 Å². The molecule has 3 aliphatic rings. The predicted molar refractivity (Wildman–Crippen MR) is 137 cm³/mol. The van der Waals surface area contributed by atoms with E-state index in [0.717, 1.165) is 0 Å². The lowest BCUT2D eigenvalue weighted by molar-refractivity contribution is -0.256. The van der Waals surface area contributed by atoms with Crippen molar-refractivity contribution in [2.24, 2.45) is 5.92 Å². The smallest absolute Gasteiger partial charge is 0.202 e. The first-order valence-corrected chi connectivity index (χ1v) is 13.1. The van der Waals surface area contributed by atoms with E-state index in [0.29, 0.717) is 6.42 Å². The van der Waals surface area contributed by atoms with Crippen LogP contribution in [0.1, 0.15) is 82.2 Å². The fourth-order valence-electron chi connectivity index (χ4n) is 6.14. The van der Waals surface area contributed by atoms with Crippen molar-refractivity contribution in [2.45, 2.75) is 69.7 Å². The Labute approximate surface area is 226 Å². The molecule has 0 spiro atoms. The number of phenolic OH excluding ortho intramolecular Hbond substituents is 2. The Bertz CT molecular complexity index is 1310. The van der Waals surface area contributed by atoms with E-state index in [1.807, 2.05) is 6.92 Å². The summed E-state index contributed by atoms with van der Waals surface area (Å²) < 4.78 is 22.7. The molecule has 210 valence electrons. The van der Waals surface area contributed by atoms with Gasteiger partial charge in [0.05, 0.1) is 47.7 Å². The van der Waals surface area contributed by atoms with Crippen LogP contribution in [0.15, 0.2) is 18.2 Å². The second-order valence-corrected chi connectivity index (χ2v) is 10.8. The Morgan fingerprint density at radius 1 is 1.05 bits per heavy atom. The highest BCUT2D eigenvalue weighted by molar-refractivity contribution is 6.31. The highest BCUT2D eigenvalue weighted by Crippen LogP contribution is 2.53. The summed E-state index contributed by atoms with van der Waals surface area (Å²) in [6.45, 7) is 3.83. The third-order valence-corrected chi connectivity index (χ3v) is 8.24. The Kier molecular flexibility index (Phi) is 7.19. The summed E-state index contributed by atoms with van der Waals surface area (Å²) >= 11 is 0. The number of hydrogen-bond donors (Lipinski definition) is 4. The van der Waals surface area contributed by atoms with Crippen molar-refractivity contribution in [3.8, 4) is 17.2 Å². The minimum absolute atomic E-state index is 0.00396. The van der Waals surface area contributed by atoms with E-state index in [1.54, 1.807) is 19.1 Å². The van der Waals surface area contributed by atoms with Crippen molar-refractivity contribution >= 4 is 11.6 Å². The average Bonchev–Trinajstić information content (AvgIpc) is 2.90. The molecular weight excluding hydrogens is 508 g/mol. The zero-order chi connectivity index (χ0) is 28.2. The SMILES string of the molecule is COCC[C@]1(O)Cc2c(O)c3c(c(O)c2[C@@H](O[C@H]2C[C@@H](C)[C@H](O)C(C)O2)C1)C(=O)c1c(OC)cccc1C3=O. The maximum atomic E-state index is 13.7. The molecule has 0 amide bonds. The normalized spacial score (nSPS) is 29.9. The number of fused-ring (bicyclic) bond motifs is 3. The molecule has 1 unspecified atom stereocenters. The molecule has 1 aliphatic heterocycles. The molecule has 1 saturated heterocycles. The summed E-state index contributed by atoms with van der Waals surface area (Å²) in [6.07, 6.45) is -2.49. The van der Waals surface area contributed by atoms with Crippen LogP contribution in [0.25, 0.3) is 0 Å². The first-order chi connectivity index (χ1) is 18.5. The number of aliphatic hydroxyl groups is 2. The van der Waals surface area contributed by atoms with Gasteiger partial charge in [-0.15, -0.1) is 0 Å². The lowest BCUT2D eigenvalue weighted by atomic mass is 9.72. The van der Waals surface area contributed by atoms with Gasteiger partial charge >= 0.3 is 0 Å². The third-order valence-electron chi connectivity index (χ3n) is 8.24. The van der Waals surface area contributed by atoms with Gasteiger partial charge in [0.15, 0.2) is 12.1 Å². The quantitative estimate of drug-likeness (QED) is 0.342. The Balaban J connectivity index is 1.65. The largest absolute Gasteiger partial charge is 0.507 e. The van der Waals surface area contributed by atoms with Gasteiger partial charge in [0, 0.05) is 49.7 Å². The fourth-order valence-corrected chi connectivity index (χ4v) is 6.14. The summed E-state index contributed by atoms with van der Waals surface area (Å²) in [5.41, 5.74) is -1.73. The topological polar surface area (TPSA) is 152 Å². The van der Waals surface area contributed by atoms with Gasteiger partial charge in [0.25, 0.3) is 0 Å². The van der Waals surface area contributed by atoms with E-state index in [9.17, 15) is 30.0 Å². The van der Waals surface area contributed by atoms with E-state index in [4.69, 9.17) is 18.9 Å². The molecule has 10 heteroatoms. The number of carbonyl (C=O) groups excluding carboxylic acids is 2. The van der Waals surface area contributed by atoms with E-state index >= 15 is 0 Å². The van der Waals surface area contributed by atoms with Crippen LogP contribution in [0.2, 0.25) is 0 Å². The van der Waals surface area contributed by atoms with Gasteiger partial charge in [-0.2, -0.15) is 0 Å². The fraction of sp³-hybridized carbons (Fsp3) is 0.517. The highest BCUT2D eigenvalue weighted by atomic mass is 16.7. The maximum Gasteiger partial charge on any atom is 0.202 e. The van der Waals surface area contributed by atoms with Crippen LogP contribution < -0.4 is 4.74 Å². The molecule has 0 radical (unpaired) electrons. The van der Waals surface area contributed by atoms with Crippen molar-refractivity contribution in [1.82, 2.24) is 0 Å². The number of phenols is 2. The zero-order valence-corrected chi connectivity index (χ0v) is 22.4. The maximum absolute atomic E-state index is 13.7. The number of ketones is 2. The number of hydrogen-bond acceptors (Lipinski definition) is 10. The second kappa shape index (κ2) is 10.2. The zero-order valence-electron chi connectivity index (χ0n) is 22.4. The number of ether oxygens (including phenoxy) is 4. The van der Waals surface area contributed by atoms with E-state index in [-0.39, 0.29) is 70.9 Å². The molecule has 5 rings (SSSR count). The molecular formula is C29H34O10. The number of methoxy groups -OCH3 is 2. The van der Waals surface area contributed by atoms with Crippen LogP contribution in [0.4, 0.5) is 0 Å². The summed E-state index contributed by atoms with van der Waals surface area (Å²) in [6, 6.07) is 4.58. The van der Waals surface area contributed by atoms with Crippen molar-refractivity contribution in [3.63, 3.8) is 0 Å². The van der Waals surface area contributed by atoms with Gasteiger partial charge in [-0.25, -0.2) is 0 Å². The van der Waals surface area contributed by atoms with Crippen LogP contribution in [-0.4, -0.2) is 76.9 Å². The van der Waals surface area contributed by atoms with E-state index in [1.165, 1.54) is 20.3 Å². The predicted octanol–water partition coefficient (Wildman–Crippen LogP) is 2.79. The molecule has 2 aliphatic carbocycles. The van der Waals surface area contributed by atoms with Gasteiger partial charge in [-0.05, 0) is 25.3 Å². The molecule has 0 aromatic heterocycles. The Morgan fingerprint density at radius 2 is 1.77 bits per heavy atom. The highest BCUT2D eigenvalue weighted by Gasteiger charge is 2.47. The van der Waals surface area contributed by atoms with Crippen molar-refractivity contribution in [2.75, 3.05) is 20.8 Å². The van der Waals surface area contributed by atoms with Gasteiger partial charge < -0.3 is 39.4 Å². The molecule has 39 heavy (non-hydrogen) atoms. The van der Waals surface area contributed by atoms with Crippen LogP contribution >= 0.6 is 0 Å². The molecule has 6 atom stereocenters. The lowest BCUT2D eigenvalue weighted by Gasteiger charge is -2.43. The van der Waals surface area contributed by atoms with Crippen LogP contribution in [-0.2, 0) is 20.6 Å². The van der Waals surface area contributed by atoms with E-state index < -0.39 is 53.3 Å². The van der Waals surface area contributed by atoms with Gasteiger partial charge in [-0.1, -0.05) is 19.1 Å². The Morgan fingerprint density at radius 3 is 2.44 bits per heavy atom. The molecule has 2 aromatic rings. The van der Waals surface area contributed by atoms with Crippen molar-refractivity contribution in [1.29, 1.82) is 0 Å². The molecule has 0 saturated carbocycles. The number of aromatic hydroxyl groups is 2. The van der Waals surface area contributed by atoms with E-state index in [2.05, 4.69) is 0 Å². The average molecular weight is 543 g/mol. The summed E-state index contributed by atoms with van der Waals surface area (Å²) in [4.78, 5) is 27.3. The summed E-state index contributed by atoms with van der Waals surface area (Å²) in [5.74, 6) is -2.22.